The minimum atomic E-state index is -0.00759. The summed E-state index contributed by atoms with van der Waals surface area (Å²) in [5.41, 5.74) is 6.02. The zero-order chi connectivity index (χ0) is 15.1. The number of halogens is 1. The van der Waals surface area contributed by atoms with Gasteiger partial charge in [-0.2, -0.15) is 0 Å². The molecule has 3 N–H and O–H groups in total. The van der Waals surface area contributed by atoms with Crippen molar-refractivity contribution in [1.82, 2.24) is 10.2 Å². The van der Waals surface area contributed by atoms with E-state index in [0.29, 0.717) is 25.0 Å². The first-order valence-corrected chi connectivity index (χ1v) is 8.41. The maximum absolute atomic E-state index is 11.7. The molecule has 0 bridgehead atoms. The van der Waals surface area contributed by atoms with E-state index in [4.69, 9.17) is 5.73 Å². The van der Waals surface area contributed by atoms with E-state index in [-0.39, 0.29) is 29.9 Å². The second kappa shape index (κ2) is 10.0. The molecule has 124 valence electrons. The van der Waals surface area contributed by atoms with Crippen molar-refractivity contribution in [2.45, 2.75) is 26.2 Å². The molecule has 1 aromatic heterocycles. The van der Waals surface area contributed by atoms with Crippen molar-refractivity contribution in [3.8, 4) is 0 Å². The van der Waals surface area contributed by atoms with E-state index >= 15 is 0 Å². The van der Waals surface area contributed by atoms with E-state index in [1.807, 2.05) is 17.5 Å². The molecule has 22 heavy (non-hydrogen) atoms. The number of hydrogen-bond acceptors (Lipinski definition) is 3. The molecule has 1 amide bonds. The van der Waals surface area contributed by atoms with Crippen LogP contribution in [-0.2, 0) is 0 Å². The standard InChI is InChI=1S/C15H24N4OS.HI/c1-12-5-2-9-19(11-12)15(16)18-8-4-7-17-14(20)13-6-3-10-21-13;/h3,6,10,12H,2,4-5,7-9,11H2,1H3,(H2,16,18)(H,17,20);1H. The molecule has 1 unspecified atom stereocenters. The van der Waals surface area contributed by atoms with Gasteiger partial charge in [-0.3, -0.25) is 9.79 Å². The maximum Gasteiger partial charge on any atom is 0.261 e. The molecule has 1 atom stereocenters. The number of guanidine groups is 1. The van der Waals surface area contributed by atoms with Crippen LogP contribution in [0.25, 0.3) is 0 Å². The van der Waals surface area contributed by atoms with Crippen molar-refractivity contribution in [2.24, 2.45) is 16.6 Å². The zero-order valence-electron chi connectivity index (χ0n) is 13.0. The molecule has 0 spiro atoms. The third-order valence-electron chi connectivity index (χ3n) is 3.62. The van der Waals surface area contributed by atoms with Crippen molar-refractivity contribution in [1.29, 1.82) is 0 Å². The van der Waals surface area contributed by atoms with Crippen LogP contribution in [0.15, 0.2) is 22.5 Å². The largest absolute Gasteiger partial charge is 0.370 e. The molecular formula is C15H25IN4OS. The lowest BCUT2D eigenvalue weighted by Crippen LogP contribution is -2.43. The van der Waals surface area contributed by atoms with E-state index in [0.717, 1.165) is 24.4 Å². The number of carbonyl (C=O) groups is 1. The highest BCUT2D eigenvalue weighted by atomic mass is 127. The fourth-order valence-electron chi connectivity index (χ4n) is 2.47. The van der Waals surface area contributed by atoms with Gasteiger partial charge in [0, 0.05) is 26.2 Å². The second-order valence-corrected chi connectivity index (χ2v) is 6.47. The molecule has 7 heteroatoms. The van der Waals surface area contributed by atoms with E-state index in [1.54, 1.807) is 0 Å². The van der Waals surface area contributed by atoms with Crippen LogP contribution < -0.4 is 11.1 Å². The molecule has 0 saturated carbocycles. The topological polar surface area (TPSA) is 70.7 Å². The first-order valence-electron chi connectivity index (χ1n) is 7.53. The summed E-state index contributed by atoms with van der Waals surface area (Å²) in [5, 5.41) is 4.80. The lowest BCUT2D eigenvalue weighted by molar-refractivity contribution is 0.0957. The highest BCUT2D eigenvalue weighted by Crippen LogP contribution is 2.14. The molecule has 0 aromatic carbocycles. The van der Waals surface area contributed by atoms with Crippen molar-refractivity contribution in [3.05, 3.63) is 22.4 Å². The molecule has 0 aliphatic carbocycles. The summed E-state index contributed by atoms with van der Waals surface area (Å²) in [4.78, 5) is 19.0. The minimum absolute atomic E-state index is 0. The van der Waals surface area contributed by atoms with Crippen LogP contribution in [-0.4, -0.2) is 42.9 Å². The van der Waals surface area contributed by atoms with E-state index in [9.17, 15) is 4.79 Å². The van der Waals surface area contributed by atoms with E-state index < -0.39 is 0 Å². The average Bonchev–Trinajstić information content (AvgIpc) is 3.00. The third-order valence-corrected chi connectivity index (χ3v) is 4.49. The molecule has 1 aromatic rings. The number of likely N-dealkylation sites (tertiary alicyclic amines) is 1. The third kappa shape index (κ3) is 6.12. The second-order valence-electron chi connectivity index (χ2n) is 5.52. The fourth-order valence-corrected chi connectivity index (χ4v) is 3.11. The van der Waals surface area contributed by atoms with E-state index in [1.165, 1.54) is 24.2 Å². The van der Waals surface area contributed by atoms with Gasteiger partial charge < -0.3 is 16.0 Å². The van der Waals surface area contributed by atoms with Gasteiger partial charge in [0.25, 0.3) is 5.91 Å². The number of thiophene rings is 1. The van der Waals surface area contributed by atoms with Gasteiger partial charge >= 0.3 is 0 Å². The fraction of sp³-hybridized carbons (Fsp3) is 0.600. The monoisotopic (exact) mass is 436 g/mol. The summed E-state index contributed by atoms with van der Waals surface area (Å²) in [5.74, 6) is 1.33. The number of nitrogens with one attached hydrogen (secondary N) is 1. The van der Waals surface area contributed by atoms with Gasteiger partial charge in [-0.1, -0.05) is 13.0 Å². The molecule has 1 aliphatic heterocycles. The van der Waals surface area contributed by atoms with Crippen molar-refractivity contribution < 1.29 is 4.79 Å². The summed E-state index contributed by atoms with van der Waals surface area (Å²) >= 11 is 1.45. The number of piperidine rings is 1. The number of rotatable bonds is 5. The highest BCUT2D eigenvalue weighted by molar-refractivity contribution is 14.0. The lowest BCUT2D eigenvalue weighted by Gasteiger charge is -2.31. The molecule has 2 heterocycles. The molecular weight excluding hydrogens is 411 g/mol. The predicted molar refractivity (Wildman–Crippen MR) is 103 cm³/mol. The predicted octanol–water partition coefficient (Wildman–Crippen LogP) is 2.53. The Kier molecular flexibility index (Phi) is 8.77. The van der Waals surface area contributed by atoms with Gasteiger partial charge in [0.05, 0.1) is 4.88 Å². The van der Waals surface area contributed by atoms with Gasteiger partial charge in [-0.15, -0.1) is 35.3 Å². The molecule has 0 radical (unpaired) electrons. The van der Waals surface area contributed by atoms with Gasteiger partial charge in [-0.25, -0.2) is 0 Å². The zero-order valence-corrected chi connectivity index (χ0v) is 16.1. The average molecular weight is 436 g/mol. The molecule has 1 aliphatic rings. The van der Waals surface area contributed by atoms with Gasteiger partial charge in [0.1, 0.15) is 0 Å². The summed E-state index contributed by atoms with van der Waals surface area (Å²) in [7, 11) is 0. The normalized spacial score (nSPS) is 18.7. The smallest absolute Gasteiger partial charge is 0.261 e. The van der Waals surface area contributed by atoms with Gasteiger partial charge in [0.2, 0.25) is 0 Å². The Labute approximate surface area is 153 Å². The Morgan fingerprint density at radius 2 is 2.41 bits per heavy atom. The number of aliphatic imine (C=N–C) groups is 1. The van der Waals surface area contributed by atoms with Crippen LogP contribution in [0.3, 0.4) is 0 Å². The number of hydrogen-bond donors (Lipinski definition) is 2. The summed E-state index contributed by atoms with van der Waals surface area (Å²) in [6, 6.07) is 3.71. The quantitative estimate of drug-likeness (QED) is 0.323. The Hall–Kier alpha value is -0.830. The van der Waals surface area contributed by atoms with Crippen LogP contribution in [0.2, 0.25) is 0 Å². The summed E-state index contributed by atoms with van der Waals surface area (Å²) in [6.45, 7) is 5.55. The summed E-state index contributed by atoms with van der Waals surface area (Å²) < 4.78 is 0. The number of nitrogens with zero attached hydrogens (tertiary/aromatic N) is 2. The minimum Gasteiger partial charge on any atom is -0.370 e. The molecule has 1 saturated heterocycles. The number of nitrogens with two attached hydrogens (primary N) is 1. The Morgan fingerprint density at radius 3 is 3.09 bits per heavy atom. The molecule has 1 fully saturated rings. The molecule has 5 nitrogen and oxygen atoms in total. The van der Waals surface area contributed by atoms with Crippen LogP contribution >= 0.6 is 35.3 Å². The Bertz CT molecular complexity index is 478. The van der Waals surface area contributed by atoms with Crippen molar-refractivity contribution >= 4 is 47.2 Å². The van der Waals surface area contributed by atoms with Gasteiger partial charge in [0.15, 0.2) is 5.96 Å². The number of carbonyl (C=O) groups excluding carboxylic acids is 1. The first-order chi connectivity index (χ1) is 10.2. The first kappa shape index (κ1) is 19.2. The van der Waals surface area contributed by atoms with Crippen LogP contribution in [0.5, 0.6) is 0 Å². The highest BCUT2D eigenvalue weighted by Gasteiger charge is 2.17. The SMILES string of the molecule is CC1CCCN(C(N)=NCCCNC(=O)c2cccs2)C1.I. The number of amides is 1. The van der Waals surface area contributed by atoms with Crippen LogP contribution in [0.4, 0.5) is 0 Å². The van der Waals surface area contributed by atoms with Crippen LogP contribution in [0, 0.1) is 5.92 Å². The Balaban J connectivity index is 0.00000242. The lowest BCUT2D eigenvalue weighted by atomic mass is 10.0. The summed E-state index contributed by atoms with van der Waals surface area (Å²) in [6.07, 6.45) is 3.27. The van der Waals surface area contributed by atoms with E-state index in [2.05, 4.69) is 22.1 Å². The van der Waals surface area contributed by atoms with Gasteiger partial charge in [-0.05, 0) is 36.6 Å². The molecule has 2 rings (SSSR count). The maximum atomic E-state index is 11.7. The van der Waals surface area contributed by atoms with Crippen molar-refractivity contribution in [2.75, 3.05) is 26.2 Å². The van der Waals surface area contributed by atoms with Crippen LogP contribution in [0.1, 0.15) is 35.9 Å². The van der Waals surface area contributed by atoms with Crippen molar-refractivity contribution in [3.63, 3.8) is 0 Å². The Morgan fingerprint density at radius 1 is 1.59 bits per heavy atom.